The zero-order chi connectivity index (χ0) is 23.5. The van der Waals surface area contributed by atoms with Crippen molar-refractivity contribution < 1.29 is 18.0 Å². The number of hydrogen-bond acceptors (Lipinski definition) is 6. The molecule has 5 rings (SSSR count). The molecule has 1 atom stereocenters. The minimum Gasteiger partial charge on any atom is -0.306 e. The Bertz CT molecular complexity index is 1390. The van der Waals surface area contributed by atoms with Gasteiger partial charge in [0.25, 0.3) is 0 Å². The second-order valence-electron chi connectivity index (χ2n) is 7.76. The highest BCUT2D eigenvalue weighted by atomic mass is 35.5. The Kier molecular flexibility index (Phi) is 4.57. The molecule has 14 heteroatoms. The summed E-state index contributed by atoms with van der Waals surface area (Å²) in [5, 5.41) is 14.6. The van der Waals surface area contributed by atoms with Crippen LogP contribution in [0.25, 0.3) is 11.5 Å². The molecule has 0 aliphatic carbocycles. The predicted molar refractivity (Wildman–Crippen MR) is 112 cm³/mol. The topological polar surface area (TPSA) is 106 Å². The maximum Gasteiger partial charge on any atom is 0.401 e. The van der Waals surface area contributed by atoms with Crippen molar-refractivity contribution in [3.05, 3.63) is 53.3 Å². The lowest BCUT2D eigenvalue weighted by atomic mass is 9.88. The average molecular weight is 478 g/mol. The fraction of sp³-hybridized carbons (Fsp3) is 0.263. The Morgan fingerprint density at radius 2 is 1.91 bits per heavy atom. The number of pyridine rings is 1. The van der Waals surface area contributed by atoms with Crippen LogP contribution in [0.1, 0.15) is 18.2 Å². The first-order valence-corrected chi connectivity index (χ1v) is 9.99. The number of hydrogen-bond donors (Lipinski definition) is 1. The van der Waals surface area contributed by atoms with Crippen LogP contribution in [0.5, 0.6) is 0 Å². The zero-order valence-electron chi connectivity index (χ0n) is 17.2. The van der Waals surface area contributed by atoms with Gasteiger partial charge >= 0.3 is 12.2 Å². The molecule has 10 nitrogen and oxygen atoms in total. The van der Waals surface area contributed by atoms with Crippen LogP contribution in [0.15, 0.2) is 36.9 Å². The van der Waals surface area contributed by atoms with Crippen LogP contribution in [0.2, 0.25) is 5.15 Å². The summed E-state index contributed by atoms with van der Waals surface area (Å²) in [5.41, 5.74) is -1.51. The molecule has 0 unspecified atom stereocenters. The summed E-state index contributed by atoms with van der Waals surface area (Å²) in [6.07, 6.45) is 0.918. The first kappa shape index (κ1) is 21.1. The third kappa shape index (κ3) is 3.26. The van der Waals surface area contributed by atoms with Crippen molar-refractivity contribution >= 4 is 34.7 Å². The van der Waals surface area contributed by atoms with Crippen molar-refractivity contribution in [3.63, 3.8) is 0 Å². The number of aryl methyl sites for hydroxylation is 1. The van der Waals surface area contributed by atoms with Crippen molar-refractivity contribution in [2.75, 3.05) is 16.8 Å². The number of nitrogens with zero attached hydrogens (tertiary/aromatic N) is 8. The third-order valence-corrected chi connectivity index (χ3v) is 5.69. The lowest BCUT2D eigenvalue weighted by Crippen LogP contribution is -2.46. The molecule has 0 bridgehead atoms. The van der Waals surface area contributed by atoms with Crippen LogP contribution in [-0.2, 0) is 5.41 Å². The smallest absolute Gasteiger partial charge is 0.306 e. The molecule has 0 saturated carbocycles. The first-order chi connectivity index (χ1) is 15.6. The molecular formula is C19H15ClF3N9O. The number of alkyl halides is 3. The molecular weight excluding hydrogens is 463 g/mol. The van der Waals surface area contributed by atoms with Crippen LogP contribution >= 0.6 is 11.6 Å². The number of fused-ring (bicyclic) bond motifs is 3. The Morgan fingerprint density at radius 3 is 2.58 bits per heavy atom. The fourth-order valence-electron chi connectivity index (χ4n) is 3.85. The zero-order valence-corrected chi connectivity index (χ0v) is 17.9. The lowest BCUT2D eigenvalue weighted by molar-refractivity contribution is -0.181. The summed E-state index contributed by atoms with van der Waals surface area (Å²) in [4.78, 5) is 23.7. The SMILES string of the molecule is Cc1cc(NC(=O)N2C[C@@](C)(C(F)(F)F)c3c2cnc2cc(Cl)nn32)cnc1-n1nccn1. The van der Waals surface area contributed by atoms with E-state index in [4.69, 9.17) is 11.6 Å². The van der Waals surface area contributed by atoms with Crippen molar-refractivity contribution in [3.8, 4) is 5.82 Å². The van der Waals surface area contributed by atoms with Gasteiger partial charge in [-0.15, -0.1) is 4.80 Å². The van der Waals surface area contributed by atoms with Gasteiger partial charge in [-0.3, -0.25) is 4.90 Å². The molecule has 1 aliphatic heterocycles. The van der Waals surface area contributed by atoms with Gasteiger partial charge in [-0.25, -0.2) is 19.3 Å². The minimum absolute atomic E-state index is 0.00311. The molecule has 1 N–H and O–H groups in total. The third-order valence-electron chi connectivity index (χ3n) is 5.50. The second kappa shape index (κ2) is 7.13. The van der Waals surface area contributed by atoms with Gasteiger partial charge in [0.2, 0.25) is 0 Å². The molecule has 0 spiro atoms. The van der Waals surface area contributed by atoms with Gasteiger partial charge in [-0.05, 0) is 25.5 Å². The Morgan fingerprint density at radius 1 is 1.18 bits per heavy atom. The predicted octanol–water partition coefficient (Wildman–Crippen LogP) is 3.54. The van der Waals surface area contributed by atoms with Gasteiger partial charge in [0.1, 0.15) is 5.41 Å². The van der Waals surface area contributed by atoms with E-state index < -0.39 is 24.2 Å². The van der Waals surface area contributed by atoms with Crippen molar-refractivity contribution in [1.82, 2.24) is 34.6 Å². The number of aromatic nitrogens is 7. The standard InChI is InChI=1S/C19H15ClF3N9O/c1-10-5-11(7-25-16(10)32-26-3-4-27-32)28-17(33)30-9-18(2,19(21,22)23)15-12(30)8-24-14-6-13(20)29-31(14)15/h3-8H,9H2,1-2H3,(H,28,33)/t18-/m1/s1. The number of carbonyl (C=O) groups excluding carboxylic acids is 1. The van der Waals surface area contributed by atoms with Crippen LogP contribution in [0, 0.1) is 6.92 Å². The van der Waals surface area contributed by atoms with E-state index in [1.165, 1.54) is 35.7 Å². The Balaban J connectivity index is 1.51. The number of halogens is 4. The number of carbonyl (C=O) groups is 1. The van der Waals surface area contributed by atoms with Crippen LogP contribution in [0.4, 0.5) is 29.3 Å². The molecule has 0 aromatic carbocycles. The van der Waals surface area contributed by atoms with Crippen molar-refractivity contribution in [1.29, 1.82) is 0 Å². The summed E-state index contributed by atoms with van der Waals surface area (Å²) in [6.45, 7) is 2.11. The monoisotopic (exact) mass is 477 g/mol. The maximum absolute atomic E-state index is 14.2. The number of rotatable bonds is 2. The van der Waals surface area contributed by atoms with E-state index in [0.717, 1.165) is 16.3 Å². The van der Waals surface area contributed by atoms with Gasteiger partial charge in [0.15, 0.2) is 16.6 Å². The highest BCUT2D eigenvalue weighted by Gasteiger charge is 2.60. The molecule has 0 saturated heterocycles. The molecule has 33 heavy (non-hydrogen) atoms. The number of amides is 2. The fourth-order valence-corrected chi connectivity index (χ4v) is 4.03. The maximum atomic E-state index is 14.2. The van der Waals surface area contributed by atoms with E-state index in [9.17, 15) is 18.0 Å². The van der Waals surface area contributed by atoms with E-state index in [2.05, 4.69) is 30.6 Å². The average Bonchev–Trinajstić information content (AvgIpc) is 3.45. The van der Waals surface area contributed by atoms with Gasteiger partial charge in [0, 0.05) is 12.6 Å². The molecule has 5 heterocycles. The largest absolute Gasteiger partial charge is 0.401 e. The summed E-state index contributed by atoms with van der Waals surface area (Å²) in [7, 11) is 0. The molecule has 0 fully saturated rings. The van der Waals surface area contributed by atoms with E-state index in [1.54, 1.807) is 13.0 Å². The number of nitrogens with one attached hydrogen (secondary N) is 1. The van der Waals surface area contributed by atoms with Crippen molar-refractivity contribution in [2.24, 2.45) is 0 Å². The summed E-state index contributed by atoms with van der Waals surface area (Å²) >= 11 is 5.90. The first-order valence-electron chi connectivity index (χ1n) is 9.62. The minimum atomic E-state index is -4.67. The summed E-state index contributed by atoms with van der Waals surface area (Å²) in [5.74, 6) is 0.455. The Hall–Kier alpha value is -3.74. The van der Waals surface area contributed by atoms with Gasteiger partial charge < -0.3 is 5.32 Å². The van der Waals surface area contributed by atoms with E-state index >= 15 is 0 Å². The van der Waals surface area contributed by atoms with E-state index in [1.807, 2.05) is 0 Å². The molecule has 4 aromatic heterocycles. The van der Waals surface area contributed by atoms with Crippen LogP contribution in [0.3, 0.4) is 0 Å². The quantitative estimate of drug-likeness (QED) is 0.473. The Labute approximate surface area is 189 Å². The molecule has 170 valence electrons. The molecule has 4 aromatic rings. The van der Waals surface area contributed by atoms with Crippen molar-refractivity contribution in [2.45, 2.75) is 25.4 Å². The van der Waals surface area contributed by atoms with E-state index in [-0.39, 0.29) is 22.2 Å². The number of anilines is 2. The molecule has 1 aliphatic rings. The van der Waals surface area contributed by atoms with Gasteiger partial charge in [-0.2, -0.15) is 28.5 Å². The van der Waals surface area contributed by atoms with E-state index in [0.29, 0.717) is 17.1 Å². The highest BCUT2D eigenvalue weighted by molar-refractivity contribution is 6.29. The summed E-state index contributed by atoms with van der Waals surface area (Å²) < 4.78 is 43.6. The molecule has 2 amide bonds. The lowest BCUT2D eigenvalue weighted by Gasteiger charge is -2.28. The van der Waals surface area contributed by atoms with Gasteiger partial charge in [-0.1, -0.05) is 11.6 Å². The highest BCUT2D eigenvalue weighted by Crippen LogP contribution is 2.50. The van der Waals surface area contributed by atoms with Crippen LogP contribution in [-0.4, -0.2) is 53.3 Å². The number of urea groups is 1. The summed E-state index contributed by atoms with van der Waals surface area (Å²) in [6, 6.07) is 2.21. The normalized spacial score (nSPS) is 18.1. The van der Waals surface area contributed by atoms with Crippen LogP contribution < -0.4 is 10.2 Å². The van der Waals surface area contributed by atoms with Gasteiger partial charge in [0.05, 0.1) is 41.9 Å². The second-order valence-corrected chi connectivity index (χ2v) is 8.15. The molecule has 0 radical (unpaired) electrons.